The lowest BCUT2D eigenvalue weighted by atomic mass is 9.92. The van der Waals surface area contributed by atoms with Crippen LogP contribution in [0.1, 0.15) is 164 Å². The lowest BCUT2D eigenvalue weighted by Gasteiger charge is -2.24. The second-order valence-corrected chi connectivity index (χ2v) is 17.2. The first-order valence-electron chi connectivity index (χ1n) is 19.3. The summed E-state index contributed by atoms with van der Waals surface area (Å²) in [6, 6.07) is 18.1. The molecule has 6 N–H and O–H groups in total. The van der Waals surface area contributed by atoms with E-state index in [1.165, 1.54) is 112 Å². The molecule has 5 unspecified atom stereocenters. The van der Waals surface area contributed by atoms with E-state index in [1.807, 2.05) is 0 Å². The van der Waals surface area contributed by atoms with Crippen molar-refractivity contribution in [1.29, 1.82) is 0 Å². The Morgan fingerprint density at radius 2 is 1.08 bits per heavy atom. The number of unbranched alkanes of at least 4 members (excludes halogenated alkanes) is 10. The fourth-order valence-corrected chi connectivity index (χ4v) is 8.03. The minimum Gasteiger partial charge on any atom is -0.394 e. The molecule has 0 aromatic heterocycles. The quantitative estimate of drug-likeness (QED) is 0.0814. The minimum atomic E-state index is -3.46. The van der Waals surface area contributed by atoms with Gasteiger partial charge < -0.3 is 26.0 Å². The van der Waals surface area contributed by atoms with Gasteiger partial charge in [-0.15, -0.1) is 0 Å². The molecule has 7 heteroatoms. The molecule has 2 saturated carbocycles. The molecule has 0 heterocycles. The molecule has 272 valence electrons. The first-order valence-corrected chi connectivity index (χ1v) is 21.3. The standard InChI is InChI=1S/C21H36NO3P.C20H33NO/c1-3-4-5-6-7-8-9-18-10-12-19(13-11-18)20-14-15-21(22,16-20)17-25-26(2,23)24;1-2-3-4-5-6-7-8-17-9-11-18(12-10-17)19-13-14-20(21,15-19)16-22/h10-13,20H,3-9,14-17,22H2,1-2H3,(H,23,24);9-12,19,22H,2-8,13-16,21H2,1H3. The summed E-state index contributed by atoms with van der Waals surface area (Å²) < 4.78 is 16.4. The maximum atomic E-state index is 11.3. The normalized spacial score (nSPS) is 25.1. The smallest absolute Gasteiger partial charge is 0.325 e. The zero-order chi connectivity index (χ0) is 34.9. The van der Waals surface area contributed by atoms with Crippen molar-refractivity contribution in [1.82, 2.24) is 0 Å². The number of benzene rings is 2. The van der Waals surface area contributed by atoms with Gasteiger partial charge in [-0.05, 0) is 98.3 Å². The summed E-state index contributed by atoms with van der Waals surface area (Å²) in [4.78, 5) is 9.31. The van der Waals surface area contributed by atoms with Crippen molar-refractivity contribution in [2.24, 2.45) is 11.5 Å². The molecule has 2 aromatic rings. The maximum absolute atomic E-state index is 11.3. The van der Waals surface area contributed by atoms with Crippen molar-refractivity contribution >= 4 is 7.60 Å². The van der Waals surface area contributed by atoms with Crippen molar-refractivity contribution in [3.8, 4) is 0 Å². The molecule has 2 aliphatic carbocycles. The van der Waals surface area contributed by atoms with Gasteiger partial charge in [0.1, 0.15) is 0 Å². The van der Waals surface area contributed by atoms with E-state index in [2.05, 4.69) is 62.4 Å². The Bertz CT molecular complexity index is 1200. The number of hydrogen-bond acceptors (Lipinski definition) is 5. The van der Waals surface area contributed by atoms with Gasteiger partial charge in [0.05, 0.1) is 13.2 Å². The molecule has 0 amide bonds. The molecular formula is C41H69N2O4P. The van der Waals surface area contributed by atoms with Crippen molar-refractivity contribution < 1.29 is 19.1 Å². The molecule has 48 heavy (non-hydrogen) atoms. The molecule has 4 rings (SSSR count). The second-order valence-electron chi connectivity index (χ2n) is 15.4. The molecule has 2 aliphatic rings. The van der Waals surface area contributed by atoms with Gasteiger partial charge >= 0.3 is 7.60 Å². The van der Waals surface area contributed by atoms with E-state index in [1.54, 1.807) is 0 Å². The van der Waals surface area contributed by atoms with Crippen LogP contribution in [0.2, 0.25) is 0 Å². The number of aryl methyl sites for hydroxylation is 2. The highest BCUT2D eigenvalue weighted by Gasteiger charge is 2.38. The zero-order valence-electron chi connectivity index (χ0n) is 30.6. The molecule has 2 aromatic carbocycles. The molecule has 0 saturated heterocycles. The predicted octanol–water partition coefficient (Wildman–Crippen LogP) is 9.93. The summed E-state index contributed by atoms with van der Waals surface area (Å²) >= 11 is 0. The van der Waals surface area contributed by atoms with Crippen LogP contribution in [0.15, 0.2) is 48.5 Å². The van der Waals surface area contributed by atoms with E-state index in [9.17, 15) is 14.6 Å². The molecule has 0 bridgehead atoms. The summed E-state index contributed by atoms with van der Waals surface area (Å²) in [5, 5.41) is 9.38. The van der Waals surface area contributed by atoms with E-state index in [4.69, 9.17) is 16.0 Å². The summed E-state index contributed by atoms with van der Waals surface area (Å²) in [6.07, 6.45) is 24.1. The topological polar surface area (TPSA) is 119 Å². The van der Waals surface area contributed by atoms with E-state index in [-0.39, 0.29) is 18.8 Å². The predicted molar refractivity (Wildman–Crippen MR) is 203 cm³/mol. The summed E-state index contributed by atoms with van der Waals surface area (Å²) in [5.74, 6) is 0.946. The summed E-state index contributed by atoms with van der Waals surface area (Å²) in [7, 11) is -3.46. The van der Waals surface area contributed by atoms with Crippen LogP contribution < -0.4 is 11.5 Å². The van der Waals surface area contributed by atoms with Gasteiger partial charge in [0.25, 0.3) is 0 Å². The van der Waals surface area contributed by atoms with Crippen molar-refractivity contribution in [3.63, 3.8) is 0 Å². The van der Waals surface area contributed by atoms with E-state index < -0.39 is 13.1 Å². The van der Waals surface area contributed by atoms with Gasteiger partial charge in [0.15, 0.2) is 0 Å². The van der Waals surface area contributed by atoms with Crippen molar-refractivity contribution in [3.05, 3.63) is 70.8 Å². The SMILES string of the molecule is CCCCCCCCc1ccc(C2CCC(N)(CO)C2)cc1.CCCCCCCCc1ccc(C2CCC(N)(COP(C)(=O)O)C2)cc1. The van der Waals surface area contributed by atoms with Crippen LogP contribution in [0, 0.1) is 0 Å². The van der Waals surface area contributed by atoms with Crippen LogP contribution in [0.3, 0.4) is 0 Å². The van der Waals surface area contributed by atoms with E-state index in [0.717, 1.165) is 44.9 Å². The van der Waals surface area contributed by atoms with Crippen LogP contribution in [0.4, 0.5) is 0 Å². The number of rotatable bonds is 20. The van der Waals surface area contributed by atoms with E-state index in [0.29, 0.717) is 11.8 Å². The first-order chi connectivity index (χ1) is 23.0. The maximum Gasteiger partial charge on any atom is 0.325 e. The lowest BCUT2D eigenvalue weighted by Crippen LogP contribution is -2.41. The molecule has 5 atom stereocenters. The Labute approximate surface area is 293 Å². The number of nitrogens with two attached hydrogens (primary N) is 2. The molecule has 0 spiro atoms. The van der Waals surface area contributed by atoms with Crippen LogP contribution in [-0.4, -0.2) is 41.0 Å². The van der Waals surface area contributed by atoms with Crippen LogP contribution >= 0.6 is 7.60 Å². The average Bonchev–Trinajstić information content (AvgIpc) is 3.68. The monoisotopic (exact) mass is 684 g/mol. The fraction of sp³-hybridized carbons (Fsp3) is 0.707. The van der Waals surface area contributed by atoms with Crippen LogP contribution in [0.25, 0.3) is 0 Å². The Morgan fingerprint density at radius 3 is 1.48 bits per heavy atom. The van der Waals surface area contributed by atoms with Gasteiger partial charge in [-0.25, -0.2) is 0 Å². The third-order valence-electron chi connectivity index (χ3n) is 10.7. The Kier molecular flexibility index (Phi) is 17.9. The van der Waals surface area contributed by atoms with Gasteiger partial charge in [0, 0.05) is 17.7 Å². The first kappa shape index (κ1) is 40.9. The highest BCUT2D eigenvalue weighted by atomic mass is 31.2. The molecular weight excluding hydrogens is 615 g/mol. The van der Waals surface area contributed by atoms with Crippen molar-refractivity contribution in [2.45, 2.75) is 165 Å². The minimum absolute atomic E-state index is 0.111. The summed E-state index contributed by atoms with van der Waals surface area (Å²) in [5.41, 5.74) is 17.3. The molecule has 0 aliphatic heterocycles. The Balaban J connectivity index is 0.000000264. The molecule has 6 nitrogen and oxygen atoms in total. The fourth-order valence-electron chi connectivity index (χ4n) is 7.54. The highest BCUT2D eigenvalue weighted by molar-refractivity contribution is 7.51. The van der Waals surface area contributed by atoms with Gasteiger partial charge in [-0.2, -0.15) is 0 Å². The third kappa shape index (κ3) is 15.2. The highest BCUT2D eigenvalue weighted by Crippen LogP contribution is 2.44. The number of aliphatic hydroxyl groups excluding tert-OH is 1. The molecule has 0 radical (unpaired) electrons. The van der Waals surface area contributed by atoms with Gasteiger partial charge in [-0.1, -0.05) is 127 Å². The zero-order valence-corrected chi connectivity index (χ0v) is 31.5. The molecule has 2 fully saturated rings. The van der Waals surface area contributed by atoms with Crippen LogP contribution in [-0.2, 0) is 21.9 Å². The van der Waals surface area contributed by atoms with Crippen LogP contribution in [0.5, 0.6) is 0 Å². The second kappa shape index (κ2) is 21.0. The van der Waals surface area contributed by atoms with Gasteiger partial charge in [0.2, 0.25) is 0 Å². The van der Waals surface area contributed by atoms with Gasteiger partial charge in [-0.3, -0.25) is 4.57 Å². The van der Waals surface area contributed by atoms with E-state index >= 15 is 0 Å². The Hall–Kier alpha value is -1.53. The Morgan fingerprint density at radius 1 is 0.688 bits per heavy atom. The van der Waals surface area contributed by atoms with Crippen molar-refractivity contribution in [2.75, 3.05) is 19.9 Å². The number of aliphatic hydroxyl groups is 1. The number of hydrogen-bond donors (Lipinski definition) is 4. The third-order valence-corrected chi connectivity index (χ3v) is 11.3. The lowest BCUT2D eigenvalue weighted by molar-refractivity contribution is 0.195. The summed E-state index contributed by atoms with van der Waals surface area (Å²) in [6.45, 7) is 6.00. The average molecular weight is 685 g/mol. The largest absolute Gasteiger partial charge is 0.394 e.